The van der Waals surface area contributed by atoms with Crippen molar-refractivity contribution < 1.29 is 23.8 Å². The van der Waals surface area contributed by atoms with Crippen LogP contribution in [0, 0.1) is 5.92 Å². The number of carbonyl (C=O) groups excluding carboxylic acids is 2. The number of ether oxygens (including phenoxy) is 3. The summed E-state index contributed by atoms with van der Waals surface area (Å²) in [7, 11) is 3.14. The second kappa shape index (κ2) is 8.53. The number of hydrogen-bond donors (Lipinski definition) is 0. The molecule has 6 rings (SSSR count). The standard InChI is InChI=1S/C26H23ClN2O5S/c1-32-14-8-10-18(33-2)16(12-14)22-21-23(30)15-5-3-4-6-19(15)34-24(21)25(31)29(22)26-28-17-9-7-13(27)11-20(17)35-26/h7-12,15,19,22H,3-6H2,1-2H3. The molecule has 35 heavy (non-hydrogen) atoms. The van der Waals surface area contributed by atoms with E-state index in [2.05, 4.69) is 0 Å². The Labute approximate surface area is 211 Å². The Kier molecular flexibility index (Phi) is 5.45. The fraction of sp³-hybridized carbons (Fsp3) is 0.346. The summed E-state index contributed by atoms with van der Waals surface area (Å²) in [6.45, 7) is 0. The van der Waals surface area contributed by atoms with Crippen LogP contribution in [-0.4, -0.2) is 37.0 Å². The zero-order chi connectivity index (χ0) is 24.3. The Morgan fingerprint density at radius 3 is 2.71 bits per heavy atom. The molecule has 3 unspecified atom stereocenters. The quantitative estimate of drug-likeness (QED) is 0.463. The van der Waals surface area contributed by atoms with Crippen molar-refractivity contribution in [3.63, 3.8) is 0 Å². The topological polar surface area (TPSA) is 78.0 Å². The summed E-state index contributed by atoms with van der Waals surface area (Å²) >= 11 is 7.55. The number of rotatable bonds is 4. The molecule has 180 valence electrons. The molecule has 1 amide bonds. The van der Waals surface area contributed by atoms with Crippen LogP contribution in [0.15, 0.2) is 47.7 Å². The van der Waals surface area contributed by atoms with Crippen molar-refractivity contribution in [1.29, 1.82) is 0 Å². The average Bonchev–Trinajstić information content (AvgIpc) is 3.41. The Morgan fingerprint density at radius 2 is 1.91 bits per heavy atom. The number of benzene rings is 2. The summed E-state index contributed by atoms with van der Waals surface area (Å²) in [5.74, 6) is 0.639. The van der Waals surface area contributed by atoms with E-state index in [0.717, 1.165) is 35.9 Å². The first-order valence-electron chi connectivity index (χ1n) is 11.6. The molecule has 3 atom stereocenters. The van der Waals surface area contributed by atoms with E-state index in [4.69, 9.17) is 30.8 Å². The minimum absolute atomic E-state index is 0.0224. The summed E-state index contributed by atoms with van der Waals surface area (Å²) in [5.41, 5.74) is 1.75. The van der Waals surface area contributed by atoms with Crippen LogP contribution >= 0.6 is 22.9 Å². The highest BCUT2D eigenvalue weighted by molar-refractivity contribution is 7.22. The van der Waals surface area contributed by atoms with E-state index in [1.54, 1.807) is 37.3 Å². The van der Waals surface area contributed by atoms with E-state index in [-0.39, 0.29) is 29.5 Å². The molecule has 2 aromatic carbocycles. The molecular formula is C26H23ClN2O5S. The average molecular weight is 511 g/mol. The first-order chi connectivity index (χ1) is 17.0. The highest BCUT2D eigenvalue weighted by Gasteiger charge is 2.53. The summed E-state index contributed by atoms with van der Waals surface area (Å²) in [6.07, 6.45) is 3.23. The molecule has 0 N–H and O–H groups in total. The maximum atomic E-state index is 13.9. The highest BCUT2D eigenvalue weighted by Crippen LogP contribution is 2.51. The number of halogens is 1. The van der Waals surface area contributed by atoms with Gasteiger partial charge in [0.25, 0.3) is 5.91 Å². The van der Waals surface area contributed by atoms with E-state index in [1.807, 2.05) is 18.2 Å². The van der Waals surface area contributed by atoms with Crippen molar-refractivity contribution in [2.45, 2.75) is 37.8 Å². The van der Waals surface area contributed by atoms with Crippen molar-refractivity contribution in [2.75, 3.05) is 19.1 Å². The Balaban J connectivity index is 1.56. The van der Waals surface area contributed by atoms with Crippen LogP contribution < -0.4 is 14.4 Å². The lowest BCUT2D eigenvalue weighted by molar-refractivity contribution is -0.131. The van der Waals surface area contributed by atoms with Crippen LogP contribution in [0.1, 0.15) is 37.3 Å². The number of hydrogen-bond acceptors (Lipinski definition) is 7. The molecule has 0 saturated heterocycles. The lowest BCUT2D eigenvalue weighted by atomic mass is 9.77. The first kappa shape index (κ1) is 22.4. The maximum absolute atomic E-state index is 13.9. The van der Waals surface area contributed by atoms with E-state index >= 15 is 0 Å². The molecule has 7 nitrogen and oxygen atoms in total. The van der Waals surface area contributed by atoms with Gasteiger partial charge in [0.15, 0.2) is 16.7 Å². The highest BCUT2D eigenvalue weighted by atomic mass is 35.5. The SMILES string of the molecule is COc1ccc(OC)c(C2C3=C(OC4CCCCC4C3=O)C(=O)N2c2nc3ccc(Cl)cc3s2)c1. The third-order valence-corrected chi connectivity index (χ3v) is 8.29. The van der Waals surface area contributed by atoms with Gasteiger partial charge in [-0.05, 0) is 55.7 Å². The van der Waals surface area contributed by atoms with Gasteiger partial charge in [-0.15, -0.1) is 0 Å². The van der Waals surface area contributed by atoms with Gasteiger partial charge in [-0.25, -0.2) is 4.98 Å². The predicted molar refractivity (Wildman–Crippen MR) is 133 cm³/mol. The smallest absolute Gasteiger partial charge is 0.296 e. The number of aromatic nitrogens is 1. The molecule has 1 saturated carbocycles. The molecule has 1 aliphatic carbocycles. The molecule has 1 fully saturated rings. The molecule has 3 heterocycles. The number of Topliss-reactive ketones (excluding diaryl/α,β-unsaturated/α-hetero) is 1. The molecular weight excluding hydrogens is 488 g/mol. The molecule has 2 aliphatic heterocycles. The molecule has 0 bridgehead atoms. The normalized spacial score (nSPS) is 23.9. The molecule has 0 radical (unpaired) electrons. The summed E-state index contributed by atoms with van der Waals surface area (Å²) in [4.78, 5) is 34.1. The number of anilines is 1. The predicted octanol–water partition coefficient (Wildman–Crippen LogP) is 5.47. The maximum Gasteiger partial charge on any atom is 0.296 e. The van der Waals surface area contributed by atoms with Gasteiger partial charge in [0.2, 0.25) is 0 Å². The van der Waals surface area contributed by atoms with Gasteiger partial charge in [0.1, 0.15) is 23.6 Å². The minimum Gasteiger partial charge on any atom is -0.497 e. The first-order valence-corrected chi connectivity index (χ1v) is 12.8. The van der Waals surface area contributed by atoms with E-state index < -0.39 is 6.04 Å². The van der Waals surface area contributed by atoms with Gasteiger partial charge < -0.3 is 14.2 Å². The van der Waals surface area contributed by atoms with Gasteiger partial charge in [-0.2, -0.15) is 0 Å². The monoisotopic (exact) mass is 510 g/mol. The van der Waals surface area contributed by atoms with Gasteiger partial charge >= 0.3 is 0 Å². The van der Waals surface area contributed by atoms with Crippen molar-refractivity contribution in [2.24, 2.45) is 5.92 Å². The summed E-state index contributed by atoms with van der Waals surface area (Å²) in [6, 6.07) is 10.0. The Morgan fingerprint density at radius 1 is 1.09 bits per heavy atom. The number of methoxy groups -OCH3 is 2. The summed E-state index contributed by atoms with van der Waals surface area (Å²) in [5, 5.41) is 1.06. The van der Waals surface area contributed by atoms with Crippen LogP contribution in [0.2, 0.25) is 5.02 Å². The van der Waals surface area contributed by atoms with Crippen LogP contribution in [0.25, 0.3) is 10.2 Å². The fourth-order valence-electron chi connectivity index (χ4n) is 5.38. The zero-order valence-electron chi connectivity index (χ0n) is 19.2. The molecule has 3 aromatic rings. The van der Waals surface area contributed by atoms with Crippen LogP contribution in [-0.2, 0) is 14.3 Å². The lowest BCUT2D eigenvalue weighted by Gasteiger charge is -2.35. The number of fused-ring (bicyclic) bond motifs is 2. The van der Waals surface area contributed by atoms with Gasteiger partial charge in [0.05, 0.1) is 35.9 Å². The second-order valence-electron chi connectivity index (χ2n) is 8.95. The van der Waals surface area contributed by atoms with Crippen molar-refractivity contribution in [3.8, 4) is 11.5 Å². The number of nitrogens with zero attached hydrogens (tertiary/aromatic N) is 2. The van der Waals surface area contributed by atoms with Crippen LogP contribution in [0.5, 0.6) is 11.5 Å². The van der Waals surface area contributed by atoms with Crippen LogP contribution in [0.3, 0.4) is 0 Å². The van der Waals surface area contributed by atoms with Crippen LogP contribution in [0.4, 0.5) is 5.13 Å². The molecule has 1 aromatic heterocycles. The largest absolute Gasteiger partial charge is 0.497 e. The van der Waals surface area contributed by atoms with E-state index in [1.165, 1.54) is 11.3 Å². The number of amides is 1. The minimum atomic E-state index is -0.742. The molecule has 9 heteroatoms. The lowest BCUT2D eigenvalue weighted by Crippen LogP contribution is -2.39. The number of ketones is 1. The van der Waals surface area contributed by atoms with E-state index in [0.29, 0.717) is 32.8 Å². The Bertz CT molecular complexity index is 1400. The van der Waals surface area contributed by atoms with Crippen molar-refractivity contribution >= 4 is 50.0 Å². The van der Waals surface area contributed by atoms with Crippen molar-refractivity contribution in [1.82, 2.24) is 4.98 Å². The summed E-state index contributed by atoms with van der Waals surface area (Å²) < 4.78 is 18.3. The number of carbonyl (C=O) groups is 2. The number of thiazole rings is 1. The fourth-order valence-corrected chi connectivity index (χ4v) is 6.65. The van der Waals surface area contributed by atoms with Gasteiger partial charge in [-0.3, -0.25) is 14.5 Å². The van der Waals surface area contributed by atoms with Gasteiger partial charge in [0, 0.05) is 10.6 Å². The zero-order valence-corrected chi connectivity index (χ0v) is 20.8. The molecule has 3 aliphatic rings. The third-order valence-electron chi connectivity index (χ3n) is 7.04. The van der Waals surface area contributed by atoms with Gasteiger partial charge in [-0.1, -0.05) is 29.4 Å². The Hall–Kier alpha value is -3.10. The second-order valence-corrected chi connectivity index (χ2v) is 10.4. The third kappa shape index (κ3) is 3.50. The molecule has 0 spiro atoms. The van der Waals surface area contributed by atoms with E-state index in [9.17, 15) is 9.59 Å². The van der Waals surface area contributed by atoms with Crippen molar-refractivity contribution in [3.05, 3.63) is 58.3 Å².